The van der Waals surface area contributed by atoms with Crippen molar-refractivity contribution in [3.05, 3.63) is 63.9 Å². The summed E-state index contributed by atoms with van der Waals surface area (Å²) in [6, 6.07) is 9.46. The molecule has 0 spiro atoms. The summed E-state index contributed by atoms with van der Waals surface area (Å²) in [6.07, 6.45) is 0. The number of thiazole rings is 1. The van der Waals surface area contributed by atoms with E-state index in [2.05, 4.69) is 4.98 Å². The maximum atomic E-state index is 13.8. The van der Waals surface area contributed by atoms with Crippen LogP contribution in [-0.4, -0.2) is 25.2 Å². The molecule has 0 bridgehead atoms. The number of halogens is 2. The van der Waals surface area contributed by atoms with E-state index in [0.717, 1.165) is 16.6 Å². The fraction of sp³-hybridized carbons (Fsp3) is 0.158. The first-order chi connectivity index (χ1) is 13.0. The molecule has 0 fully saturated rings. The lowest BCUT2D eigenvalue weighted by atomic mass is 10.2. The first-order valence-electron chi connectivity index (χ1n) is 7.81. The molecule has 1 heterocycles. The topological polar surface area (TPSA) is 57.7 Å². The Morgan fingerprint density at radius 3 is 2.67 bits per heavy atom. The van der Waals surface area contributed by atoms with Crippen LogP contribution in [0.5, 0.6) is 11.5 Å². The van der Waals surface area contributed by atoms with E-state index in [9.17, 15) is 9.18 Å². The monoisotopic (exact) mass is 407 g/mol. The molecular formula is C19H15ClFNO4S. The lowest BCUT2D eigenvalue weighted by Crippen LogP contribution is -2.08. The van der Waals surface area contributed by atoms with Gasteiger partial charge in [-0.2, -0.15) is 0 Å². The van der Waals surface area contributed by atoms with Gasteiger partial charge in [0.05, 0.1) is 24.9 Å². The molecule has 0 radical (unpaired) electrons. The molecule has 0 aliphatic heterocycles. The summed E-state index contributed by atoms with van der Waals surface area (Å²) in [4.78, 5) is 16.5. The quantitative estimate of drug-likeness (QED) is 0.539. The third-order valence-corrected chi connectivity index (χ3v) is 4.96. The Balaban J connectivity index is 1.72. The molecule has 1 aromatic heterocycles. The number of methoxy groups -OCH3 is 2. The lowest BCUT2D eigenvalue weighted by molar-refractivity contribution is 0.0463. The van der Waals surface area contributed by atoms with E-state index >= 15 is 0 Å². The highest BCUT2D eigenvalue weighted by Gasteiger charge is 2.18. The van der Waals surface area contributed by atoms with Crippen LogP contribution in [0.25, 0.3) is 10.6 Å². The molecule has 0 unspecified atom stereocenters. The summed E-state index contributed by atoms with van der Waals surface area (Å²) in [6.45, 7) is -0.0900. The van der Waals surface area contributed by atoms with Crippen molar-refractivity contribution in [2.75, 3.05) is 14.2 Å². The number of carbonyl (C=O) groups is 1. The van der Waals surface area contributed by atoms with Crippen molar-refractivity contribution in [1.29, 1.82) is 0 Å². The Kier molecular flexibility index (Phi) is 5.93. The number of hydrogen-bond donors (Lipinski definition) is 0. The van der Waals surface area contributed by atoms with E-state index in [4.69, 9.17) is 25.8 Å². The third-order valence-electron chi connectivity index (χ3n) is 3.70. The van der Waals surface area contributed by atoms with Crippen LogP contribution in [0, 0.1) is 5.82 Å². The minimum Gasteiger partial charge on any atom is -0.493 e. The molecule has 3 rings (SSSR count). The van der Waals surface area contributed by atoms with Gasteiger partial charge in [-0.25, -0.2) is 14.2 Å². The molecule has 0 saturated carbocycles. The van der Waals surface area contributed by atoms with Gasteiger partial charge >= 0.3 is 5.97 Å². The molecule has 3 aromatic rings. The van der Waals surface area contributed by atoms with Crippen LogP contribution in [0.4, 0.5) is 4.39 Å². The molecule has 5 nitrogen and oxygen atoms in total. The van der Waals surface area contributed by atoms with Gasteiger partial charge in [0.15, 0.2) is 11.5 Å². The predicted octanol–water partition coefficient (Wildman–Crippen LogP) is 4.98. The lowest BCUT2D eigenvalue weighted by Gasteiger charge is -2.08. The molecule has 0 amide bonds. The molecule has 27 heavy (non-hydrogen) atoms. The largest absolute Gasteiger partial charge is 0.493 e. The van der Waals surface area contributed by atoms with Crippen molar-refractivity contribution in [2.24, 2.45) is 0 Å². The average Bonchev–Trinajstić information content (AvgIpc) is 3.14. The van der Waals surface area contributed by atoms with Crippen molar-refractivity contribution in [3.8, 4) is 22.1 Å². The van der Waals surface area contributed by atoms with Crippen LogP contribution in [-0.2, 0) is 11.3 Å². The Labute approximate surface area is 164 Å². The van der Waals surface area contributed by atoms with E-state index in [1.54, 1.807) is 25.7 Å². The second-order valence-corrected chi connectivity index (χ2v) is 6.65. The van der Waals surface area contributed by atoms with Gasteiger partial charge < -0.3 is 14.2 Å². The highest BCUT2D eigenvalue weighted by molar-refractivity contribution is 7.13. The third kappa shape index (κ3) is 4.20. The van der Waals surface area contributed by atoms with Crippen LogP contribution in [0.2, 0.25) is 5.02 Å². The molecular weight excluding hydrogens is 393 g/mol. The van der Waals surface area contributed by atoms with Crippen molar-refractivity contribution in [2.45, 2.75) is 6.61 Å². The Hall–Kier alpha value is -2.64. The van der Waals surface area contributed by atoms with E-state index in [-0.39, 0.29) is 17.2 Å². The van der Waals surface area contributed by atoms with Crippen molar-refractivity contribution in [3.63, 3.8) is 0 Å². The maximum Gasteiger partial charge on any atom is 0.343 e. The number of benzene rings is 2. The van der Waals surface area contributed by atoms with E-state index in [1.807, 2.05) is 12.1 Å². The summed E-state index contributed by atoms with van der Waals surface area (Å²) in [5.41, 5.74) is 1.10. The number of rotatable bonds is 6. The average molecular weight is 408 g/mol. The van der Waals surface area contributed by atoms with Gasteiger partial charge in [-0.05, 0) is 30.3 Å². The van der Waals surface area contributed by atoms with Gasteiger partial charge in [0.1, 0.15) is 23.0 Å². The number of carbonyl (C=O) groups excluding carboxylic acids is 1. The molecule has 0 aliphatic rings. The van der Waals surface area contributed by atoms with Gasteiger partial charge in [0.2, 0.25) is 0 Å². The van der Waals surface area contributed by atoms with Crippen molar-refractivity contribution >= 4 is 28.9 Å². The molecule has 2 aromatic carbocycles. The zero-order valence-electron chi connectivity index (χ0n) is 14.5. The summed E-state index contributed by atoms with van der Waals surface area (Å²) >= 11 is 7.26. The summed E-state index contributed by atoms with van der Waals surface area (Å²) in [5, 5.41) is 2.50. The first kappa shape index (κ1) is 19.1. The minimum atomic E-state index is -0.834. The molecule has 140 valence electrons. The fourth-order valence-corrected chi connectivity index (χ4v) is 3.42. The smallest absolute Gasteiger partial charge is 0.343 e. The second kappa shape index (κ2) is 8.37. The van der Waals surface area contributed by atoms with Crippen LogP contribution >= 0.6 is 22.9 Å². The molecule has 0 saturated heterocycles. The van der Waals surface area contributed by atoms with Gasteiger partial charge in [0, 0.05) is 10.9 Å². The molecule has 0 aliphatic carbocycles. The van der Waals surface area contributed by atoms with Crippen LogP contribution in [0.1, 0.15) is 16.1 Å². The predicted molar refractivity (Wildman–Crippen MR) is 101 cm³/mol. The van der Waals surface area contributed by atoms with E-state index in [1.165, 1.54) is 23.5 Å². The van der Waals surface area contributed by atoms with E-state index in [0.29, 0.717) is 17.2 Å². The van der Waals surface area contributed by atoms with Gasteiger partial charge in [-0.15, -0.1) is 11.3 Å². The maximum absolute atomic E-state index is 13.8. The molecule has 8 heteroatoms. The normalized spacial score (nSPS) is 10.5. The highest BCUT2D eigenvalue weighted by atomic mass is 35.5. The van der Waals surface area contributed by atoms with Crippen LogP contribution < -0.4 is 9.47 Å². The zero-order chi connectivity index (χ0) is 19.4. The van der Waals surface area contributed by atoms with Crippen molar-refractivity contribution in [1.82, 2.24) is 4.98 Å². The zero-order valence-corrected chi connectivity index (χ0v) is 16.1. The minimum absolute atomic E-state index is 0.00398. The van der Waals surface area contributed by atoms with E-state index < -0.39 is 11.8 Å². The SMILES string of the molecule is COc1ccc(-c2nc(COC(=O)c3c(F)cccc3Cl)cs2)cc1OC. The van der Waals surface area contributed by atoms with Crippen LogP contribution in [0.3, 0.4) is 0 Å². The second-order valence-electron chi connectivity index (χ2n) is 5.39. The highest BCUT2D eigenvalue weighted by Crippen LogP contribution is 2.33. The van der Waals surface area contributed by atoms with Crippen molar-refractivity contribution < 1.29 is 23.4 Å². The van der Waals surface area contributed by atoms with Crippen LogP contribution in [0.15, 0.2) is 41.8 Å². The van der Waals surface area contributed by atoms with Gasteiger partial charge in [0.25, 0.3) is 0 Å². The Morgan fingerprint density at radius 1 is 1.19 bits per heavy atom. The summed E-state index contributed by atoms with van der Waals surface area (Å²) < 4.78 is 29.4. The number of nitrogens with zero attached hydrogens (tertiary/aromatic N) is 1. The van der Waals surface area contributed by atoms with Gasteiger partial charge in [-0.1, -0.05) is 17.7 Å². The number of esters is 1. The first-order valence-corrected chi connectivity index (χ1v) is 9.07. The van der Waals surface area contributed by atoms with Gasteiger partial charge in [-0.3, -0.25) is 0 Å². The Bertz CT molecular complexity index is 956. The number of hydrogen-bond acceptors (Lipinski definition) is 6. The fourth-order valence-electron chi connectivity index (χ4n) is 2.38. The number of ether oxygens (including phenoxy) is 3. The summed E-state index contributed by atoms with van der Waals surface area (Å²) in [7, 11) is 3.12. The Morgan fingerprint density at radius 2 is 1.96 bits per heavy atom. The number of aromatic nitrogens is 1. The molecule has 0 atom stereocenters. The molecule has 0 N–H and O–H groups in total. The standard InChI is InChI=1S/C19H15ClFNO4S/c1-24-15-7-6-11(8-16(15)25-2)18-22-12(10-27-18)9-26-19(23)17-13(20)4-3-5-14(17)21/h3-8,10H,9H2,1-2H3. The summed E-state index contributed by atoms with van der Waals surface area (Å²) in [5.74, 6) is -0.350.